The highest BCUT2D eigenvalue weighted by atomic mass is 16.4. The highest BCUT2D eigenvalue weighted by Crippen LogP contribution is 1.97. The highest BCUT2D eigenvalue weighted by Gasteiger charge is 2.11. The number of hydrogen-bond acceptors (Lipinski definition) is 6. The number of carboxylic acids is 2. The lowest BCUT2D eigenvalue weighted by Crippen LogP contribution is -2.31. The van der Waals surface area contributed by atoms with Gasteiger partial charge in [0.1, 0.15) is 12.1 Å². The molecule has 10 N–H and O–H groups in total. The Kier molecular flexibility index (Phi) is 12.7. The van der Waals surface area contributed by atoms with Crippen LogP contribution in [0.4, 0.5) is 0 Å². The van der Waals surface area contributed by atoms with E-state index in [1.54, 1.807) is 0 Å². The Morgan fingerprint density at radius 2 is 1.35 bits per heavy atom. The van der Waals surface area contributed by atoms with E-state index in [1.165, 1.54) is 0 Å². The number of primary amides is 1. The van der Waals surface area contributed by atoms with Crippen molar-refractivity contribution in [2.75, 3.05) is 6.54 Å². The van der Waals surface area contributed by atoms with E-state index in [2.05, 4.69) is 0 Å². The number of hydrogen-bond donors (Lipinski definition) is 6. The third kappa shape index (κ3) is 14.4. The fourth-order valence-corrected chi connectivity index (χ4v) is 1.05. The molecule has 0 heterocycles. The summed E-state index contributed by atoms with van der Waals surface area (Å²) < 4.78 is 0. The molecule has 9 heteroatoms. The third-order valence-electron chi connectivity index (χ3n) is 2.31. The smallest absolute Gasteiger partial charge is 0.320 e. The Morgan fingerprint density at radius 1 is 0.900 bits per heavy atom. The van der Waals surface area contributed by atoms with E-state index in [0.29, 0.717) is 13.0 Å². The minimum absolute atomic E-state index is 0.0213. The normalized spacial score (nSPS) is 12.8. The standard InChI is InChI=1S/C6H14N2O2.C5H10N2O3/c7-4-2-1-3-5(8)6(9)10;6-3(5(9)10)1-2-4(7)8/h5H,1-4,7-8H2,(H,9,10);3H,1-2,6H2,(H2,7,8)(H,9,10)/t;3-/m.0/s1. The summed E-state index contributed by atoms with van der Waals surface area (Å²) in [6.07, 6.45) is 2.29. The first-order valence-electron chi connectivity index (χ1n) is 6.17. The van der Waals surface area contributed by atoms with Gasteiger partial charge in [-0.15, -0.1) is 0 Å². The van der Waals surface area contributed by atoms with Gasteiger partial charge in [0.25, 0.3) is 0 Å². The molecule has 0 fully saturated rings. The van der Waals surface area contributed by atoms with E-state index in [4.69, 9.17) is 33.1 Å². The Bertz CT molecular complexity index is 311. The number of aliphatic carboxylic acids is 2. The Balaban J connectivity index is 0. The van der Waals surface area contributed by atoms with Crippen molar-refractivity contribution in [3.8, 4) is 0 Å². The molecule has 0 rings (SSSR count). The van der Waals surface area contributed by atoms with E-state index in [0.717, 1.165) is 12.8 Å². The van der Waals surface area contributed by atoms with Gasteiger partial charge in [-0.25, -0.2) is 0 Å². The maximum Gasteiger partial charge on any atom is 0.320 e. The van der Waals surface area contributed by atoms with Crippen molar-refractivity contribution < 1.29 is 24.6 Å². The number of amides is 1. The number of carbonyl (C=O) groups is 3. The summed E-state index contributed by atoms with van der Waals surface area (Å²) in [6, 6.07) is -1.70. The molecule has 9 nitrogen and oxygen atoms in total. The van der Waals surface area contributed by atoms with Crippen molar-refractivity contribution in [1.29, 1.82) is 0 Å². The Hall–Kier alpha value is -1.71. The van der Waals surface area contributed by atoms with Crippen molar-refractivity contribution >= 4 is 17.8 Å². The van der Waals surface area contributed by atoms with Crippen LogP contribution in [0, 0.1) is 0 Å². The third-order valence-corrected chi connectivity index (χ3v) is 2.31. The number of carbonyl (C=O) groups excluding carboxylic acids is 1. The molecule has 0 aliphatic carbocycles. The van der Waals surface area contributed by atoms with Crippen molar-refractivity contribution in [2.24, 2.45) is 22.9 Å². The van der Waals surface area contributed by atoms with Crippen LogP contribution >= 0.6 is 0 Å². The number of carboxylic acid groups (broad SMARTS) is 2. The second kappa shape index (κ2) is 12.3. The van der Waals surface area contributed by atoms with Crippen LogP contribution in [0.25, 0.3) is 0 Å². The number of rotatable bonds is 9. The highest BCUT2D eigenvalue weighted by molar-refractivity contribution is 5.77. The molecule has 1 amide bonds. The van der Waals surface area contributed by atoms with E-state index in [1.807, 2.05) is 0 Å². The quantitative estimate of drug-likeness (QED) is 0.267. The van der Waals surface area contributed by atoms with Gasteiger partial charge < -0.3 is 33.1 Å². The second-order valence-electron chi connectivity index (χ2n) is 4.18. The van der Waals surface area contributed by atoms with Gasteiger partial charge in [0.05, 0.1) is 0 Å². The summed E-state index contributed by atoms with van der Waals surface area (Å²) in [6.45, 7) is 0.604. The van der Waals surface area contributed by atoms with Gasteiger partial charge in [0.15, 0.2) is 0 Å². The molecule has 2 atom stereocenters. The summed E-state index contributed by atoms with van der Waals surface area (Å²) in [5.41, 5.74) is 20.2. The molecular formula is C11H24N4O5. The largest absolute Gasteiger partial charge is 0.480 e. The van der Waals surface area contributed by atoms with Crippen LogP contribution in [-0.4, -0.2) is 46.7 Å². The van der Waals surface area contributed by atoms with Gasteiger partial charge in [0.2, 0.25) is 5.91 Å². The van der Waals surface area contributed by atoms with Crippen LogP contribution in [0.15, 0.2) is 0 Å². The first-order valence-corrected chi connectivity index (χ1v) is 6.17. The molecule has 0 bridgehead atoms. The first kappa shape index (κ1) is 20.6. The zero-order chi connectivity index (χ0) is 16.1. The van der Waals surface area contributed by atoms with E-state index in [9.17, 15) is 14.4 Å². The van der Waals surface area contributed by atoms with Gasteiger partial charge in [-0.3, -0.25) is 14.4 Å². The zero-order valence-corrected chi connectivity index (χ0v) is 11.3. The van der Waals surface area contributed by atoms with Crippen LogP contribution < -0.4 is 22.9 Å². The maximum atomic E-state index is 10.1. The van der Waals surface area contributed by atoms with Crippen LogP contribution in [-0.2, 0) is 14.4 Å². The van der Waals surface area contributed by atoms with Crippen molar-refractivity contribution in [1.82, 2.24) is 0 Å². The predicted molar refractivity (Wildman–Crippen MR) is 72.6 cm³/mol. The number of nitrogens with two attached hydrogens (primary N) is 4. The zero-order valence-electron chi connectivity index (χ0n) is 11.3. The Labute approximate surface area is 117 Å². The average molecular weight is 292 g/mol. The molecule has 0 aliphatic rings. The van der Waals surface area contributed by atoms with Gasteiger partial charge in [-0.2, -0.15) is 0 Å². The first-order chi connectivity index (χ1) is 9.22. The average Bonchev–Trinajstić information content (AvgIpc) is 2.36. The molecule has 0 aromatic carbocycles. The molecule has 20 heavy (non-hydrogen) atoms. The van der Waals surface area contributed by atoms with Gasteiger partial charge in [-0.1, -0.05) is 6.42 Å². The summed E-state index contributed by atoms with van der Waals surface area (Å²) >= 11 is 0. The van der Waals surface area contributed by atoms with Crippen LogP contribution in [0.3, 0.4) is 0 Å². The van der Waals surface area contributed by atoms with Crippen molar-refractivity contribution in [2.45, 2.75) is 44.2 Å². The predicted octanol–water partition coefficient (Wildman–Crippen LogP) is -1.81. The summed E-state index contributed by atoms with van der Waals surface area (Å²) in [7, 11) is 0. The van der Waals surface area contributed by atoms with E-state index >= 15 is 0 Å². The fraction of sp³-hybridized carbons (Fsp3) is 0.727. The van der Waals surface area contributed by atoms with E-state index in [-0.39, 0.29) is 12.8 Å². The molecular weight excluding hydrogens is 268 g/mol. The van der Waals surface area contributed by atoms with Gasteiger partial charge in [0, 0.05) is 6.42 Å². The summed E-state index contributed by atoms with van der Waals surface area (Å²) in [5, 5.41) is 16.5. The minimum Gasteiger partial charge on any atom is -0.480 e. The lowest BCUT2D eigenvalue weighted by atomic mass is 10.1. The Morgan fingerprint density at radius 3 is 1.70 bits per heavy atom. The van der Waals surface area contributed by atoms with Crippen LogP contribution in [0.1, 0.15) is 32.1 Å². The van der Waals surface area contributed by atoms with E-state index < -0.39 is 29.9 Å². The fourth-order valence-electron chi connectivity index (χ4n) is 1.05. The monoisotopic (exact) mass is 292 g/mol. The van der Waals surface area contributed by atoms with Crippen LogP contribution in [0.2, 0.25) is 0 Å². The molecule has 0 spiro atoms. The van der Waals surface area contributed by atoms with Gasteiger partial charge >= 0.3 is 11.9 Å². The summed E-state index contributed by atoms with van der Waals surface area (Å²) in [4.78, 5) is 30.3. The molecule has 0 saturated heterocycles. The SMILES string of the molecule is NC(=O)CC[C@H](N)C(=O)O.NCCCCC(N)C(=O)O. The minimum atomic E-state index is -1.11. The molecule has 0 aromatic heterocycles. The molecule has 0 radical (unpaired) electrons. The molecule has 1 unspecified atom stereocenters. The molecule has 118 valence electrons. The maximum absolute atomic E-state index is 10.1. The lowest BCUT2D eigenvalue weighted by Gasteiger charge is -2.03. The topological polar surface area (TPSA) is 196 Å². The molecule has 0 aromatic rings. The summed E-state index contributed by atoms with van der Waals surface area (Å²) in [5.74, 6) is -2.57. The second-order valence-corrected chi connectivity index (χ2v) is 4.18. The molecule has 0 saturated carbocycles. The van der Waals surface area contributed by atoms with Gasteiger partial charge in [-0.05, 0) is 25.8 Å². The molecule has 0 aliphatic heterocycles. The van der Waals surface area contributed by atoms with Crippen molar-refractivity contribution in [3.05, 3.63) is 0 Å². The van der Waals surface area contributed by atoms with Crippen molar-refractivity contribution in [3.63, 3.8) is 0 Å². The number of unbranched alkanes of at least 4 members (excludes halogenated alkanes) is 1. The van der Waals surface area contributed by atoms with Crippen LogP contribution in [0.5, 0.6) is 0 Å². The lowest BCUT2D eigenvalue weighted by molar-refractivity contribution is -0.139.